The zero-order valence-electron chi connectivity index (χ0n) is 9.30. The summed E-state index contributed by atoms with van der Waals surface area (Å²) >= 11 is 0. The van der Waals surface area contributed by atoms with Crippen LogP contribution in [0.25, 0.3) is 0 Å². The summed E-state index contributed by atoms with van der Waals surface area (Å²) in [7, 11) is 0. The first-order valence-corrected chi connectivity index (χ1v) is 5.45. The second kappa shape index (κ2) is 4.83. The third kappa shape index (κ3) is 3.03. The Hall–Kier alpha value is -1.43. The Morgan fingerprint density at radius 2 is 2.18 bits per heavy atom. The van der Waals surface area contributed by atoms with Gasteiger partial charge in [0.15, 0.2) is 5.79 Å². The van der Waals surface area contributed by atoms with Gasteiger partial charge in [0.2, 0.25) is 0 Å². The SMILES string of the molecule is O=C(O)[C@@H]1C[C@](O)(OCc2ccccc2)CN1. The lowest BCUT2D eigenvalue weighted by Crippen LogP contribution is -2.34. The molecule has 0 unspecified atom stereocenters. The van der Waals surface area contributed by atoms with E-state index in [4.69, 9.17) is 9.84 Å². The van der Waals surface area contributed by atoms with Crippen LogP contribution < -0.4 is 5.32 Å². The van der Waals surface area contributed by atoms with Crippen molar-refractivity contribution in [2.75, 3.05) is 6.54 Å². The lowest BCUT2D eigenvalue weighted by atomic mass is 10.1. The molecule has 0 aromatic heterocycles. The van der Waals surface area contributed by atoms with Crippen LogP contribution in [0.4, 0.5) is 0 Å². The first-order valence-electron chi connectivity index (χ1n) is 5.45. The van der Waals surface area contributed by atoms with Gasteiger partial charge in [-0.15, -0.1) is 0 Å². The zero-order valence-corrected chi connectivity index (χ0v) is 9.30. The van der Waals surface area contributed by atoms with E-state index in [-0.39, 0.29) is 19.6 Å². The topological polar surface area (TPSA) is 78.8 Å². The van der Waals surface area contributed by atoms with Crippen molar-refractivity contribution in [2.24, 2.45) is 0 Å². The molecular formula is C12H15NO4. The molecule has 0 aliphatic carbocycles. The molecule has 1 aromatic rings. The number of rotatable bonds is 4. The smallest absolute Gasteiger partial charge is 0.320 e. The largest absolute Gasteiger partial charge is 0.480 e. The normalized spacial score (nSPS) is 28.2. The van der Waals surface area contributed by atoms with Crippen molar-refractivity contribution < 1.29 is 19.7 Å². The van der Waals surface area contributed by atoms with Crippen LogP contribution in [0, 0.1) is 0 Å². The first-order chi connectivity index (χ1) is 8.09. The van der Waals surface area contributed by atoms with E-state index in [1.807, 2.05) is 30.3 Å². The number of carboxylic acids is 1. The van der Waals surface area contributed by atoms with Gasteiger partial charge in [-0.3, -0.25) is 10.1 Å². The lowest BCUT2D eigenvalue weighted by molar-refractivity contribution is -0.197. The minimum Gasteiger partial charge on any atom is -0.480 e. The number of ether oxygens (including phenoxy) is 1. The third-order valence-corrected chi connectivity index (χ3v) is 2.80. The number of nitrogens with one attached hydrogen (secondary N) is 1. The Balaban J connectivity index is 1.89. The Labute approximate surface area is 99.0 Å². The van der Waals surface area contributed by atoms with Gasteiger partial charge in [-0.05, 0) is 5.56 Å². The highest BCUT2D eigenvalue weighted by Gasteiger charge is 2.41. The van der Waals surface area contributed by atoms with Crippen LogP contribution in [0.1, 0.15) is 12.0 Å². The molecular weight excluding hydrogens is 222 g/mol. The molecule has 1 fully saturated rings. The summed E-state index contributed by atoms with van der Waals surface area (Å²) in [5.41, 5.74) is 0.944. The van der Waals surface area contributed by atoms with E-state index in [0.29, 0.717) is 0 Å². The van der Waals surface area contributed by atoms with Gasteiger partial charge in [-0.2, -0.15) is 0 Å². The summed E-state index contributed by atoms with van der Waals surface area (Å²) in [5, 5.41) is 21.5. The predicted molar refractivity (Wildman–Crippen MR) is 60.2 cm³/mol. The van der Waals surface area contributed by atoms with Gasteiger partial charge in [0.1, 0.15) is 6.04 Å². The number of carboxylic acid groups (broad SMARTS) is 1. The second-order valence-electron chi connectivity index (χ2n) is 4.20. The Morgan fingerprint density at radius 1 is 1.47 bits per heavy atom. The number of hydrogen-bond acceptors (Lipinski definition) is 4. The maximum absolute atomic E-state index is 10.7. The average molecular weight is 237 g/mol. The number of benzene rings is 1. The van der Waals surface area contributed by atoms with Crippen LogP contribution >= 0.6 is 0 Å². The van der Waals surface area contributed by atoms with Crippen molar-refractivity contribution in [3.05, 3.63) is 35.9 Å². The van der Waals surface area contributed by atoms with Gasteiger partial charge < -0.3 is 14.9 Å². The number of carbonyl (C=O) groups is 1. The van der Waals surface area contributed by atoms with Crippen LogP contribution in [0.3, 0.4) is 0 Å². The fourth-order valence-electron chi connectivity index (χ4n) is 1.82. The summed E-state index contributed by atoms with van der Waals surface area (Å²) in [6.45, 7) is 0.405. The molecule has 0 saturated carbocycles. The lowest BCUT2D eigenvalue weighted by Gasteiger charge is -2.22. The molecule has 2 rings (SSSR count). The molecule has 1 saturated heterocycles. The number of aliphatic hydroxyl groups is 1. The van der Waals surface area contributed by atoms with Gasteiger partial charge in [-0.1, -0.05) is 30.3 Å². The highest BCUT2D eigenvalue weighted by atomic mass is 16.6. The number of β-amino-alcohol motifs (C(OH)–C–C–N with tert-alkyl or cyclic N) is 1. The maximum Gasteiger partial charge on any atom is 0.320 e. The van der Waals surface area contributed by atoms with Gasteiger partial charge in [0, 0.05) is 6.42 Å². The van der Waals surface area contributed by atoms with E-state index < -0.39 is 17.8 Å². The van der Waals surface area contributed by atoms with Crippen molar-refractivity contribution >= 4 is 5.97 Å². The van der Waals surface area contributed by atoms with Crippen LogP contribution in [-0.4, -0.2) is 34.6 Å². The molecule has 0 spiro atoms. The molecule has 1 aliphatic heterocycles. The minimum atomic E-state index is -1.39. The van der Waals surface area contributed by atoms with E-state index >= 15 is 0 Å². The van der Waals surface area contributed by atoms with Crippen LogP contribution in [0.2, 0.25) is 0 Å². The Kier molecular flexibility index (Phi) is 3.42. The van der Waals surface area contributed by atoms with E-state index in [2.05, 4.69) is 5.32 Å². The average Bonchev–Trinajstić information content (AvgIpc) is 2.72. The molecule has 5 nitrogen and oxygen atoms in total. The predicted octanol–water partition coefficient (Wildman–Crippen LogP) is 0.338. The van der Waals surface area contributed by atoms with E-state index in [1.54, 1.807) is 0 Å². The summed E-state index contributed by atoms with van der Waals surface area (Å²) in [6.07, 6.45) is 0.0646. The quantitative estimate of drug-likeness (QED) is 0.658. The van der Waals surface area contributed by atoms with Crippen LogP contribution in [0.15, 0.2) is 30.3 Å². The fourth-order valence-corrected chi connectivity index (χ4v) is 1.82. The molecule has 5 heteroatoms. The molecule has 0 bridgehead atoms. The van der Waals surface area contributed by atoms with Crippen molar-refractivity contribution in [1.29, 1.82) is 0 Å². The molecule has 0 radical (unpaired) electrons. The second-order valence-corrected chi connectivity index (χ2v) is 4.20. The van der Waals surface area contributed by atoms with Gasteiger partial charge in [0.05, 0.1) is 13.2 Å². The molecule has 2 atom stereocenters. The van der Waals surface area contributed by atoms with Crippen molar-refractivity contribution in [1.82, 2.24) is 5.32 Å². The van der Waals surface area contributed by atoms with Gasteiger partial charge in [-0.25, -0.2) is 0 Å². The summed E-state index contributed by atoms with van der Waals surface area (Å²) in [5.74, 6) is -2.36. The minimum absolute atomic E-state index is 0.0646. The molecule has 3 N–H and O–H groups in total. The van der Waals surface area contributed by atoms with E-state index in [0.717, 1.165) is 5.56 Å². The highest BCUT2D eigenvalue weighted by molar-refractivity contribution is 5.74. The van der Waals surface area contributed by atoms with Crippen molar-refractivity contribution in [3.63, 3.8) is 0 Å². The summed E-state index contributed by atoms with van der Waals surface area (Å²) in [6, 6.07) is 8.71. The standard InChI is InChI=1S/C12H15NO4/c14-11(15)10-6-12(16,8-13-10)17-7-9-4-2-1-3-5-9/h1-5,10,13,16H,6-8H2,(H,14,15)/t10-,12-/m0/s1. The monoisotopic (exact) mass is 237 g/mol. The molecule has 17 heavy (non-hydrogen) atoms. The molecule has 92 valence electrons. The third-order valence-electron chi connectivity index (χ3n) is 2.80. The van der Waals surface area contributed by atoms with Crippen LogP contribution in [0.5, 0.6) is 0 Å². The van der Waals surface area contributed by atoms with Crippen molar-refractivity contribution in [2.45, 2.75) is 24.9 Å². The Morgan fingerprint density at radius 3 is 2.76 bits per heavy atom. The molecule has 1 aromatic carbocycles. The summed E-state index contributed by atoms with van der Waals surface area (Å²) < 4.78 is 5.39. The fraction of sp³-hybridized carbons (Fsp3) is 0.417. The van der Waals surface area contributed by atoms with Crippen LogP contribution in [-0.2, 0) is 16.1 Å². The zero-order chi connectivity index (χ0) is 12.3. The van der Waals surface area contributed by atoms with E-state index in [1.165, 1.54) is 0 Å². The molecule has 0 amide bonds. The summed E-state index contributed by atoms with van der Waals surface area (Å²) in [4.78, 5) is 10.7. The highest BCUT2D eigenvalue weighted by Crippen LogP contribution is 2.22. The Bertz CT molecular complexity index is 395. The van der Waals surface area contributed by atoms with Gasteiger partial charge >= 0.3 is 5.97 Å². The van der Waals surface area contributed by atoms with Crippen molar-refractivity contribution in [3.8, 4) is 0 Å². The molecule has 1 aliphatic rings. The van der Waals surface area contributed by atoms with E-state index in [9.17, 15) is 9.90 Å². The van der Waals surface area contributed by atoms with Gasteiger partial charge in [0.25, 0.3) is 0 Å². The first kappa shape index (κ1) is 12.0. The molecule has 1 heterocycles. The maximum atomic E-state index is 10.7. The number of hydrogen-bond donors (Lipinski definition) is 3. The number of aliphatic carboxylic acids is 1.